The quantitative estimate of drug-likeness (QED) is 0.385. The fourth-order valence-electron chi connectivity index (χ4n) is 3.78. The molecule has 2 rings (SSSR count). The van der Waals surface area contributed by atoms with Gasteiger partial charge in [-0.1, -0.05) is 54.0 Å². The second-order valence-electron chi connectivity index (χ2n) is 8.92. The fourth-order valence-corrected chi connectivity index (χ4v) is 3.78. The van der Waals surface area contributed by atoms with E-state index in [0.29, 0.717) is 18.6 Å². The third-order valence-corrected chi connectivity index (χ3v) is 5.11. The van der Waals surface area contributed by atoms with E-state index < -0.39 is 5.41 Å². The van der Waals surface area contributed by atoms with Crippen molar-refractivity contribution >= 4 is 11.4 Å². The molecule has 0 N–H and O–H groups in total. The SMILES string of the molecule is CCCCOc1ccc2c(c1C)C(C)(C)C/C2=C(/C#N)C(=O)C(C)(C)C. The average Bonchev–Trinajstić information content (AvgIpc) is 2.81. The largest absolute Gasteiger partial charge is 0.493 e. The number of hydrogen-bond acceptors (Lipinski definition) is 3. The Morgan fingerprint density at radius 3 is 2.50 bits per heavy atom. The molecule has 0 amide bonds. The van der Waals surface area contributed by atoms with Gasteiger partial charge in [-0.25, -0.2) is 0 Å². The lowest BCUT2D eigenvalue weighted by Crippen LogP contribution is -2.22. The molecule has 0 aliphatic heterocycles. The maximum absolute atomic E-state index is 12.8. The van der Waals surface area contributed by atoms with Crippen molar-refractivity contribution in [2.24, 2.45) is 5.41 Å². The van der Waals surface area contributed by atoms with Gasteiger partial charge in [0.05, 0.1) is 12.2 Å². The molecule has 3 nitrogen and oxygen atoms in total. The number of unbranched alkanes of at least 4 members (excludes halogenated alkanes) is 1. The number of nitriles is 1. The Kier molecular flexibility index (Phi) is 5.66. The Hall–Kier alpha value is -2.08. The molecule has 0 bridgehead atoms. The highest BCUT2D eigenvalue weighted by Gasteiger charge is 2.39. The molecule has 0 spiro atoms. The zero-order valence-corrected chi connectivity index (χ0v) is 17.2. The minimum atomic E-state index is -0.566. The Morgan fingerprint density at radius 1 is 1.31 bits per heavy atom. The van der Waals surface area contributed by atoms with Gasteiger partial charge in [0, 0.05) is 5.41 Å². The number of ketones is 1. The molecule has 0 fully saturated rings. The summed E-state index contributed by atoms with van der Waals surface area (Å²) < 4.78 is 5.97. The molecule has 0 heterocycles. The fraction of sp³-hybridized carbons (Fsp3) is 0.565. The summed E-state index contributed by atoms with van der Waals surface area (Å²) in [4.78, 5) is 12.8. The van der Waals surface area contributed by atoms with Crippen LogP contribution in [0.5, 0.6) is 5.75 Å². The van der Waals surface area contributed by atoms with Gasteiger partial charge in [-0.15, -0.1) is 0 Å². The molecule has 1 aliphatic rings. The average molecular weight is 354 g/mol. The first-order chi connectivity index (χ1) is 12.0. The zero-order valence-electron chi connectivity index (χ0n) is 17.2. The van der Waals surface area contributed by atoms with Crippen molar-refractivity contribution in [3.05, 3.63) is 34.4 Å². The number of hydrogen-bond donors (Lipinski definition) is 0. The lowest BCUT2D eigenvalue weighted by atomic mass is 9.82. The molecule has 0 atom stereocenters. The highest BCUT2D eigenvalue weighted by Crippen LogP contribution is 2.50. The topological polar surface area (TPSA) is 50.1 Å². The monoisotopic (exact) mass is 353 g/mol. The van der Waals surface area contributed by atoms with E-state index in [1.54, 1.807) is 0 Å². The highest BCUT2D eigenvalue weighted by molar-refractivity contribution is 6.09. The Balaban J connectivity index is 2.60. The number of nitrogens with zero attached hydrogens (tertiary/aromatic N) is 1. The molecule has 0 aromatic heterocycles. The predicted molar refractivity (Wildman–Crippen MR) is 106 cm³/mol. The Labute approximate surface area is 158 Å². The first-order valence-electron chi connectivity index (χ1n) is 9.50. The van der Waals surface area contributed by atoms with Crippen LogP contribution in [0.25, 0.3) is 5.57 Å². The number of carbonyl (C=O) groups is 1. The van der Waals surface area contributed by atoms with Crippen molar-refractivity contribution in [1.82, 2.24) is 0 Å². The van der Waals surface area contributed by atoms with E-state index in [1.807, 2.05) is 32.9 Å². The normalized spacial score (nSPS) is 17.5. The minimum absolute atomic E-state index is 0.0837. The maximum atomic E-state index is 12.8. The van der Waals surface area contributed by atoms with Crippen LogP contribution in [0.15, 0.2) is 17.7 Å². The molecule has 0 saturated heterocycles. The summed E-state index contributed by atoms with van der Waals surface area (Å²) in [5.41, 5.74) is 3.86. The summed E-state index contributed by atoms with van der Waals surface area (Å²) in [7, 11) is 0. The summed E-state index contributed by atoms with van der Waals surface area (Å²) in [5.74, 6) is 0.826. The van der Waals surface area contributed by atoms with Crippen molar-refractivity contribution in [1.29, 1.82) is 5.26 Å². The number of benzene rings is 1. The number of ether oxygens (including phenoxy) is 1. The van der Waals surface area contributed by atoms with E-state index in [4.69, 9.17) is 4.74 Å². The van der Waals surface area contributed by atoms with Gasteiger partial charge in [0.25, 0.3) is 0 Å². The lowest BCUT2D eigenvalue weighted by Gasteiger charge is -2.22. The molecule has 0 saturated carbocycles. The number of allylic oxidation sites excluding steroid dienone is 2. The number of fused-ring (bicyclic) bond motifs is 1. The van der Waals surface area contributed by atoms with Crippen LogP contribution < -0.4 is 4.74 Å². The molecule has 140 valence electrons. The molecule has 26 heavy (non-hydrogen) atoms. The van der Waals surface area contributed by atoms with Crippen molar-refractivity contribution in [3.8, 4) is 11.8 Å². The van der Waals surface area contributed by atoms with Crippen LogP contribution in [0.3, 0.4) is 0 Å². The molecule has 1 aliphatic carbocycles. The van der Waals surface area contributed by atoms with Gasteiger partial charge < -0.3 is 4.74 Å². The van der Waals surface area contributed by atoms with Gasteiger partial charge in [-0.3, -0.25) is 4.79 Å². The van der Waals surface area contributed by atoms with Gasteiger partial charge in [0.1, 0.15) is 11.8 Å². The van der Waals surface area contributed by atoms with Crippen LogP contribution in [-0.4, -0.2) is 12.4 Å². The van der Waals surface area contributed by atoms with Crippen LogP contribution in [0.2, 0.25) is 0 Å². The van der Waals surface area contributed by atoms with E-state index in [0.717, 1.165) is 35.3 Å². The number of rotatable bonds is 5. The number of Topliss-reactive ketones (excluding diaryl/α,β-unsaturated/α-hetero) is 1. The van der Waals surface area contributed by atoms with Crippen LogP contribution in [0.1, 0.15) is 77.5 Å². The molecule has 3 heteroatoms. The van der Waals surface area contributed by atoms with Gasteiger partial charge in [-0.2, -0.15) is 5.26 Å². The summed E-state index contributed by atoms with van der Waals surface area (Å²) >= 11 is 0. The first-order valence-corrected chi connectivity index (χ1v) is 9.50. The van der Waals surface area contributed by atoms with E-state index in [9.17, 15) is 10.1 Å². The van der Waals surface area contributed by atoms with E-state index >= 15 is 0 Å². The standard InChI is InChI=1S/C23H31NO2/c1-8-9-12-26-19-11-10-16-17(13-23(6,7)20(16)15(19)2)18(14-24)21(25)22(3,4)5/h10-11H,8-9,12-13H2,1-7H3/b18-17+. The van der Waals surface area contributed by atoms with Crippen LogP contribution in [-0.2, 0) is 10.2 Å². The van der Waals surface area contributed by atoms with Gasteiger partial charge in [-0.05, 0) is 53.5 Å². The lowest BCUT2D eigenvalue weighted by molar-refractivity contribution is -0.122. The van der Waals surface area contributed by atoms with Crippen molar-refractivity contribution in [2.75, 3.05) is 6.61 Å². The number of carbonyl (C=O) groups excluding carboxylic acids is 1. The van der Waals surface area contributed by atoms with Crippen molar-refractivity contribution in [3.63, 3.8) is 0 Å². The molecule has 1 aromatic carbocycles. The summed E-state index contributed by atoms with van der Waals surface area (Å²) in [6.07, 6.45) is 2.83. The smallest absolute Gasteiger partial charge is 0.178 e. The Bertz CT molecular complexity index is 786. The van der Waals surface area contributed by atoms with Gasteiger partial charge >= 0.3 is 0 Å². The second-order valence-corrected chi connectivity index (χ2v) is 8.92. The molecule has 0 radical (unpaired) electrons. The van der Waals surface area contributed by atoms with Gasteiger partial charge in [0.2, 0.25) is 0 Å². The zero-order chi connectivity index (χ0) is 19.7. The first kappa shape index (κ1) is 20.2. The van der Waals surface area contributed by atoms with Crippen LogP contribution in [0, 0.1) is 23.7 Å². The Morgan fingerprint density at radius 2 is 1.96 bits per heavy atom. The van der Waals surface area contributed by atoms with Crippen molar-refractivity contribution in [2.45, 2.75) is 73.1 Å². The highest BCUT2D eigenvalue weighted by atomic mass is 16.5. The molecule has 1 aromatic rings. The molecular weight excluding hydrogens is 322 g/mol. The minimum Gasteiger partial charge on any atom is -0.493 e. The predicted octanol–water partition coefficient (Wildman–Crippen LogP) is 5.75. The third kappa shape index (κ3) is 3.70. The molecular formula is C23H31NO2. The van der Waals surface area contributed by atoms with E-state index in [-0.39, 0.29) is 11.2 Å². The van der Waals surface area contributed by atoms with Crippen molar-refractivity contribution < 1.29 is 9.53 Å². The third-order valence-electron chi connectivity index (χ3n) is 5.11. The van der Waals surface area contributed by atoms with Crippen LogP contribution in [0.4, 0.5) is 0 Å². The van der Waals surface area contributed by atoms with Crippen LogP contribution >= 0.6 is 0 Å². The van der Waals surface area contributed by atoms with E-state index in [1.165, 1.54) is 5.56 Å². The summed E-state index contributed by atoms with van der Waals surface area (Å²) in [6, 6.07) is 6.22. The second kappa shape index (κ2) is 7.27. The maximum Gasteiger partial charge on any atom is 0.178 e. The molecule has 0 unspecified atom stereocenters. The summed E-state index contributed by atoms with van der Waals surface area (Å²) in [5, 5.41) is 9.73. The van der Waals surface area contributed by atoms with Gasteiger partial charge in [0.15, 0.2) is 5.78 Å². The van der Waals surface area contributed by atoms with E-state index in [2.05, 4.69) is 33.8 Å². The summed E-state index contributed by atoms with van der Waals surface area (Å²) in [6.45, 7) is 14.9.